The summed E-state index contributed by atoms with van der Waals surface area (Å²) in [5.41, 5.74) is 1.33. The van der Waals surface area contributed by atoms with Crippen LogP contribution in [-0.4, -0.2) is 32.5 Å². The van der Waals surface area contributed by atoms with Crippen molar-refractivity contribution in [2.75, 3.05) is 26.4 Å². The van der Waals surface area contributed by atoms with Crippen molar-refractivity contribution < 1.29 is 9.47 Å². The van der Waals surface area contributed by atoms with Crippen LogP contribution in [0.5, 0.6) is 0 Å². The number of hydrogen-bond donors (Lipinski definition) is 1. The topological polar surface area (TPSA) is 30.5 Å². The Bertz CT molecular complexity index is 296. The van der Waals surface area contributed by atoms with Gasteiger partial charge in [0.2, 0.25) is 0 Å². The monoisotopic (exact) mass is 235 g/mol. The molecule has 3 nitrogen and oxygen atoms in total. The molecular formula is C14H21NO2. The van der Waals surface area contributed by atoms with Crippen LogP contribution in [0, 0.1) is 0 Å². The Morgan fingerprint density at radius 1 is 1.29 bits per heavy atom. The van der Waals surface area contributed by atoms with Crippen molar-refractivity contribution in [1.29, 1.82) is 0 Å². The van der Waals surface area contributed by atoms with Crippen LogP contribution in [0.2, 0.25) is 0 Å². The number of hydrogen-bond acceptors (Lipinski definition) is 3. The molecule has 0 saturated carbocycles. The SMILES string of the molecule is c1ccc(CNCCCOC2CCOC2)cc1. The van der Waals surface area contributed by atoms with E-state index in [1.165, 1.54) is 5.56 Å². The van der Waals surface area contributed by atoms with Crippen LogP contribution in [0.1, 0.15) is 18.4 Å². The molecule has 1 N–H and O–H groups in total. The number of nitrogens with one attached hydrogen (secondary N) is 1. The molecular weight excluding hydrogens is 214 g/mol. The average Bonchev–Trinajstić information content (AvgIpc) is 2.88. The molecule has 1 aliphatic rings. The Balaban J connectivity index is 1.46. The lowest BCUT2D eigenvalue weighted by atomic mass is 10.2. The van der Waals surface area contributed by atoms with E-state index in [2.05, 4.69) is 29.6 Å². The second-order valence-electron chi connectivity index (χ2n) is 4.37. The summed E-state index contributed by atoms with van der Waals surface area (Å²) in [6, 6.07) is 10.5. The van der Waals surface area contributed by atoms with Crippen molar-refractivity contribution in [1.82, 2.24) is 5.32 Å². The third kappa shape index (κ3) is 4.86. The zero-order valence-corrected chi connectivity index (χ0v) is 10.2. The molecule has 1 atom stereocenters. The fraction of sp³-hybridized carbons (Fsp3) is 0.571. The minimum absolute atomic E-state index is 0.337. The molecule has 1 unspecified atom stereocenters. The Morgan fingerprint density at radius 2 is 2.18 bits per heavy atom. The largest absolute Gasteiger partial charge is 0.379 e. The molecule has 1 saturated heterocycles. The minimum Gasteiger partial charge on any atom is -0.379 e. The fourth-order valence-corrected chi connectivity index (χ4v) is 1.92. The van der Waals surface area contributed by atoms with Crippen LogP contribution in [0.25, 0.3) is 0 Å². The van der Waals surface area contributed by atoms with Gasteiger partial charge >= 0.3 is 0 Å². The first kappa shape index (κ1) is 12.6. The van der Waals surface area contributed by atoms with Gasteiger partial charge in [0, 0.05) is 19.8 Å². The van der Waals surface area contributed by atoms with Gasteiger partial charge in [-0.2, -0.15) is 0 Å². The Kier molecular flexibility index (Phi) is 5.49. The summed E-state index contributed by atoms with van der Waals surface area (Å²) in [6.07, 6.45) is 2.45. The molecule has 1 fully saturated rings. The van der Waals surface area contributed by atoms with Gasteiger partial charge in [-0.15, -0.1) is 0 Å². The van der Waals surface area contributed by atoms with E-state index in [1.807, 2.05) is 6.07 Å². The highest BCUT2D eigenvalue weighted by Crippen LogP contribution is 2.07. The Labute approximate surface area is 103 Å². The third-order valence-electron chi connectivity index (χ3n) is 2.91. The molecule has 1 aromatic carbocycles. The summed E-state index contributed by atoms with van der Waals surface area (Å²) >= 11 is 0. The van der Waals surface area contributed by atoms with E-state index in [0.717, 1.165) is 45.8 Å². The lowest BCUT2D eigenvalue weighted by Gasteiger charge is -2.10. The molecule has 1 aliphatic heterocycles. The van der Waals surface area contributed by atoms with Crippen LogP contribution in [0.3, 0.4) is 0 Å². The summed E-state index contributed by atoms with van der Waals surface area (Å²) in [5.74, 6) is 0. The van der Waals surface area contributed by atoms with Gasteiger partial charge in [-0.1, -0.05) is 30.3 Å². The molecule has 1 aromatic rings. The summed E-state index contributed by atoms with van der Waals surface area (Å²) in [4.78, 5) is 0. The van der Waals surface area contributed by atoms with Crippen molar-refractivity contribution in [2.45, 2.75) is 25.5 Å². The van der Waals surface area contributed by atoms with Gasteiger partial charge in [0.05, 0.1) is 12.7 Å². The molecule has 17 heavy (non-hydrogen) atoms. The first-order chi connectivity index (χ1) is 8.45. The number of rotatable bonds is 7. The maximum atomic E-state index is 5.69. The molecule has 0 bridgehead atoms. The Hall–Kier alpha value is -0.900. The highest BCUT2D eigenvalue weighted by molar-refractivity contribution is 5.14. The molecule has 0 aliphatic carbocycles. The molecule has 0 amide bonds. The summed E-state index contributed by atoms with van der Waals surface area (Å²) in [6.45, 7) is 4.40. The summed E-state index contributed by atoms with van der Waals surface area (Å²) in [7, 11) is 0. The fourth-order valence-electron chi connectivity index (χ4n) is 1.92. The highest BCUT2D eigenvalue weighted by atomic mass is 16.5. The van der Waals surface area contributed by atoms with Crippen LogP contribution in [0.4, 0.5) is 0 Å². The summed E-state index contributed by atoms with van der Waals surface area (Å²) in [5, 5.41) is 3.42. The normalized spacial score (nSPS) is 19.6. The molecule has 2 rings (SSSR count). The van der Waals surface area contributed by atoms with Crippen molar-refractivity contribution >= 4 is 0 Å². The molecule has 0 radical (unpaired) electrons. The van der Waals surface area contributed by atoms with Crippen LogP contribution in [0.15, 0.2) is 30.3 Å². The van der Waals surface area contributed by atoms with Crippen molar-refractivity contribution in [2.24, 2.45) is 0 Å². The van der Waals surface area contributed by atoms with Crippen molar-refractivity contribution in [3.63, 3.8) is 0 Å². The quantitative estimate of drug-likeness (QED) is 0.733. The maximum Gasteiger partial charge on any atom is 0.0830 e. The van der Waals surface area contributed by atoms with Crippen molar-refractivity contribution in [3.05, 3.63) is 35.9 Å². The zero-order chi connectivity index (χ0) is 11.8. The second kappa shape index (κ2) is 7.43. The maximum absolute atomic E-state index is 5.69. The van der Waals surface area contributed by atoms with Gasteiger partial charge in [0.1, 0.15) is 0 Å². The van der Waals surface area contributed by atoms with Crippen LogP contribution in [-0.2, 0) is 16.0 Å². The predicted molar refractivity (Wildman–Crippen MR) is 67.9 cm³/mol. The standard InChI is InChI=1S/C14H21NO2/c1-2-5-13(6-3-1)11-15-8-4-9-17-14-7-10-16-12-14/h1-3,5-6,14-15H,4,7-12H2. The smallest absolute Gasteiger partial charge is 0.0830 e. The molecule has 0 aromatic heterocycles. The zero-order valence-electron chi connectivity index (χ0n) is 10.2. The number of benzene rings is 1. The van der Waals surface area contributed by atoms with Gasteiger partial charge in [0.15, 0.2) is 0 Å². The average molecular weight is 235 g/mol. The van der Waals surface area contributed by atoms with Crippen molar-refractivity contribution in [3.8, 4) is 0 Å². The van der Waals surface area contributed by atoms with E-state index in [0.29, 0.717) is 6.10 Å². The molecule has 1 heterocycles. The number of ether oxygens (including phenoxy) is 2. The summed E-state index contributed by atoms with van der Waals surface area (Å²) < 4.78 is 10.9. The van der Waals surface area contributed by atoms with E-state index >= 15 is 0 Å². The van der Waals surface area contributed by atoms with Gasteiger partial charge in [0.25, 0.3) is 0 Å². The lowest BCUT2D eigenvalue weighted by molar-refractivity contribution is 0.0416. The second-order valence-corrected chi connectivity index (χ2v) is 4.37. The van der Waals surface area contributed by atoms with E-state index in [1.54, 1.807) is 0 Å². The molecule has 94 valence electrons. The van der Waals surface area contributed by atoms with Crippen LogP contribution < -0.4 is 5.32 Å². The first-order valence-electron chi connectivity index (χ1n) is 6.39. The molecule has 0 spiro atoms. The van der Waals surface area contributed by atoms with Crippen LogP contribution >= 0.6 is 0 Å². The first-order valence-corrected chi connectivity index (χ1v) is 6.39. The molecule has 3 heteroatoms. The van der Waals surface area contributed by atoms with E-state index in [9.17, 15) is 0 Å². The van der Waals surface area contributed by atoms with Gasteiger partial charge < -0.3 is 14.8 Å². The van der Waals surface area contributed by atoms with E-state index in [4.69, 9.17) is 9.47 Å². The third-order valence-corrected chi connectivity index (χ3v) is 2.91. The van der Waals surface area contributed by atoms with E-state index < -0.39 is 0 Å². The van der Waals surface area contributed by atoms with Gasteiger partial charge in [-0.3, -0.25) is 0 Å². The Morgan fingerprint density at radius 3 is 2.94 bits per heavy atom. The highest BCUT2D eigenvalue weighted by Gasteiger charge is 2.14. The lowest BCUT2D eigenvalue weighted by Crippen LogP contribution is -2.19. The predicted octanol–water partition coefficient (Wildman–Crippen LogP) is 1.97. The minimum atomic E-state index is 0.337. The van der Waals surface area contributed by atoms with E-state index in [-0.39, 0.29) is 0 Å². The van der Waals surface area contributed by atoms with Gasteiger partial charge in [-0.05, 0) is 24.9 Å². The van der Waals surface area contributed by atoms with Gasteiger partial charge in [-0.25, -0.2) is 0 Å².